The molecule has 0 N–H and O–H groups in total. The SMILES string of the molecule is N#Cc1cc2c3ccccc3sc2c2ccccc12. The van der Waals surface area contributed by atoms with Gasteiger partial charge in [0.15, 0.2) is 0 Å². The highest BCUT2D eigenvalue weighted by Crippen LogP contribution is 2.39. The number of benzene rings is 3. The minimum Gasteiger partial charge on any atom is -0.192 e. The Morgan fingerprint density at radius 2 is 1.47 bits per heavy atom. The topological polar surface area (TPSA) is 23.8 Å². The summed E-state index contributed by atoms with van der Waals surface area (Å²) in [7, 11) is 0. The van der Waals surface area contributed by atoms with Gasteiger partial charge in [-0.15, -0.1) is 11.3 Å². The van der Waals surface area contributed by atoms with E-state index >= 15 is 0 Å². The molecule has 0 aliphatic rings. The Balaban J connectivity index is 2.36. The average molecular weight is 259 g/mol. The van der Waals surface area contributed by atoms with E-state index in [2.05, 4.69) is 36.4 Å². The molecule has 0 aliphatic heterocycles. The molecule has 0 spiro atoms. The summed E-state index contributed by atoms with van der Waals surface area (Å²) in [6.45, 7) is 0. The number of hydrogen-bond acceptors (Lipinski definition) is 2. The molecular weight excluding hydrogens is 250 g/mol. The lowest BCUT2D eigenvalue weighted by molar-refractivity contribution is 1.51. The molecule has 19 heavy (non-hydrogen) atoms. The first-order valence-electron chi connectivity index (χ1n) is 6.11. The molecule has 3 aromatic carbocycles. The first kappa shape index (κ1) is 10.5. The highest BCUT2D eigenvalue weighted by atomic mass is 32.1. The Kier molecular flexibility index (Phi) is 2.11. The van der Waals surface area contributed by atoms with E-state index < -0.39 is 0 Å². The summed E-state index contributed by atoms with van der Waals surface area (Å²) < 4.78 is 2.55. The second-order valence-electron chi connectivity index (χ2n) is 4.56. The van der Waals surface area contributed by atoms with Gasteiger partial charge in [0.05, 0.1) is 11.6 Å². The van der Waals surface area contributed by atoms with Crippen LogP contribution in [0.2, 0.25) is 0 Å². The number of rotatable bonds is 0. The molecule has 88 valence electrons. The van der Waals surface area contributed by atoms with Crippen molar-refractivity contribution in [2.24, 2.45) is 0 Å². The van der Waals surface area contributed by atoms with E-state index in [0.717, 1.165) is 10.9 Å². The van der Waals surface area contributed by atoms with Gasteiger partial charge >= 0.3 is 0 Å². The maximum atomic E-state index is 9.36. The molecule has 0 atom stereocenters. The highest BCUT2D eigenvalue weighted by molar-refractivity contribution is 7.26. The number of nitriles is 1. The Hall–Kier alpha value is -2.37. The van der Waals surface area contributed by atoms with Gasteiger partial charge in [0.2, 0.25) is 0 Å². The van der Waals surface area contributed by atoms with Crippen molar-refractivity contribution in [3.05, 3.63) is 60.2 Å². The third-order valence-corrected chi connectivity index (χ3v) is 4.72. The maximum Gasteiger partial charge on any atom is 0.0998 e. The molecule has 0 saturated heterocycles. The van der Waals surface area contributed by atoms with Gasteiger partial charge in [-0.2, -0.15) is 5.26 Å². The van der Waals surface area contributed by atoms with Gasteiger partial charge in [0.25, 0.3) is 0 Å². The molecule has 0 bridgehead atoms. The minimum atomic E-state index is 0.756. The van der Waals surface area contributed by atoms with E-state index in [1.807, 2.05) is 24.3 Å². The molecular formula is C17H9NS. The van der Waals surface area contributed by atoms with Crippen LogP contribution in [0.3, 0.4) is 0 Å². The first-order chi connectivity index (χ1) is 9.38. The van der Waals surface area contributed by atoms with Crippen LogP contribution in [-0.2, 0) is 0 Å². The minimum absolute atomic E-state index is 0.756. The lowest BCUT2D eigenvalue weighted by Crippen LogP contribution is -1.80. The van der Waals surface area contributed by atoms with Crippen molar-refractivity contribution < 1.29 is 0 Å². The average Bonchev–Trinajstić information content (AvgIpc) is 2.85. The monoisotopic (exact) mass is 259 g/mol. The van der Waals surface area contributed by atoms with Crippen LogP contribution in [0.5, 0.6) is 0 Å². The van der Waals surface area contributed by atoms with Crippen molar-refractivity contribution in [3.8, 4) is 6.07 Å². The number of hydrogen-bond donors (Lipinski definition) is 0. The predicted molar refractivity (Wildman–Crippen MR) is 81.6 cm³/mol. The van der Waals surface area contributed by atoms with Crippen LogP contribution in [-0.4, -0.2) is 0 Å². The van der Waals surface area contributed by atoms with Crippen molar-refractivity contribution in [2.45, 2.75) is 0 Å². The smallest absolute Gasteiger partial charge is 0.0998 e. The number of thiophene rings is 1. The fraction of sp³-hybridized carbons (Fsp3) is 0. The summed E-state index contributed by atoms with van der Waals surface area (Å²) in [4.78, 5) is 0. The van der Waals surface area contributed by atoms with Gasteiger partial charge in [-0.25, -0.2) is 0 Å². The predicted octanol–water partition coefficient (Wildman–Crippen LogP) is 5.08. The summed E-state index contributed by atoms with van der Waals surface area (Å²) >= 11 is 1.80. The Morgan fingerprint density at radius 3 is 2.26 bits per heavy atom. The van der Waals surface area contributed by atoms with E-state index in [0.29, 0.717) is 0 Å². The van der Waals surface area contributed by atoms with Crippen LogP contribution >= 0.6 is 11.3 Å². The van der Waals surface area contributed by atoms with E-state index in [9.17, 15) is 5.26 Å². The molecule has 4 aromatic rings. The zero-order valence-electron chi connectivity index (χ0n) is 10.1. The molecule has 0 amide bonds. The second kappa shape index (κ2) is 3.81. The van der Waals surface area contributed by atoms with E-state index in [1.54, 1.807) is 11.3 Å². The lowest BCUT2D eigenvalue weighted by atomic mass is 10.0. The van der Waals surface area contributed by atoms with Crippen molar-refractivity contribution in [1.82, 2.24) is 0 Å². The Bertz CT molecular complexity index is 973. The van der Waals surface area contributed by atoms with E-state index in [4.69, 9.17) is 0 Å². The number of fused-ring (bicyclic) bond motifs is 5. The highest BCUT2D eigenvalue weighted by Gasteiger charge is 2.10. The van der Waals surface area contributed by atoms with Gasteiger partial charge in [-0.1, -0.05) is 42.5 Å². The van der Waals surface area contributed by atoms with Crippen molar-refractivity contribution >= 4 is 42.3 Å². The third kappa shape index (κ3) is 1.39. The Labute approximate surface area is 114 Å². The van der Waals surface area contributed by atoms with Crippen LogP contribution in [0.4, 0.5) is 0 Å². The zero-order valence-corrected chi connectivity index (χ0v) is 10.9. The van der Waals surface area contributed by atoms with Crippen LogP contribution in [0.1, 0.15) is 5.56 Å². The van der Waals surface area contributed by atoms with Crippen LogP contribution in [0.15, 0.2) is 54.6 Å². The molecule has 1 aromatic heterocycles. The summed E-state index contributed by atoms with van der Waals surface area (Å²) in [6.07, 6.45) is 0. The molecule has 1 nitrogen and oxygen atoms in total. The summed E-state index contributed by atoms with van der Waals surface area (Å²) in [5, 5.41) is 14.0. The molecule has 0 radical (unpaired) electrons. The molecule has 2 heteroatoms. The van der Waals surface area contributed by atoms with Gasteiger partial charge in [-0.05, 0) is 12.1 Å². The molecule has 0 fully saturated rings. The molecule has 4 rings (SSSR count). The first-order valence-corrected chi connectivity index (χ1v) is 6.93. The maximum absolute atomic E-state index is 9.36. The van der Waals surface area contributed by atoms with E-state index in [-0.39, 0.29) is 0 Å². The Morgan fingerprint density at radius 1 is 0.789 bits per heavy atom. The summed E-state index contributed by atoms with van der Waals surface area (Å²) in [5.41, 5.74) is 0.756. The lowest BCUT2D eigenvalue weighted by Gasteiger charge is -2.01. The van der Waals surface area contributed by atoms with Gasteiger partial charge in [-0.3, -0.25) is 0 Å². The molecule has 0 unspecified atom stereocenters. The normalized spacial score (nSPS) is 11.1. The van der Waals surface area contributed by atoms with Gasteiger partial charge in [0, 0.05) is 30.9 Å². The molecule has 0 saturated carbocycles. The zero-order chi connectivity index (χ0) is 12.8. The van der Waals surface area contributed by atoms with E-state index in [1.165, 1.54) is 25.6 Å². The largest absolute Gasteiger partial charge is 0.192 e. The summed E-state index contributed by atoms with van der Waals surface area (Å²) in [5.74, 6) is 0. The van der Waals surface area contributed by atoms with Crippen molar-refractivity contribution in [2.75, 3.05) is 0 Å². The van der Waals surface area contributed by atoms with Crippen molar-refractivity contribution in [1.29, 1.82) is 5.26 Å². The van der Waals surface area contributed by atoms with Gasteiger partial charge in [0.1, 0.15) is 0 Å². The quantitative estimate of drug-likeness (QED) is 0.432. The third-order valence-electron chi connectivity index (χ3n) is 3.50. The standard InChI is InChI=1S/C17H9NS/c18-10-11-9-15-13-6-3-4-8-16(13)19-17(15)14-7-2-1-5-12(11)14/h1-9H. The van der Waals surface area contributed by atoms with Crippen molar-refractivity contribution in [3.63, 3.8) is 0 Å². The summed E-state index contributed by atoms with van der Waals surface area (Å²) in [6, 6.07) is 20.9. The fourth-order valence-electron chi connectivity index (χ4n) is 2.64. The second-order valence-corrected chi connectivity index (χ2v) is 5.61. The number of nitrogens with zero attached hydrogens (tertiary/aromatic N) is 1. The fourth-order valence-corrected chi connectivity index (χ4v) is 3.86. The molecule has 0 aliphatic carbocycles. The molecule has 1 heterocycles. The van der Waals surface area contributed by atoms with Crippen LogP contribution in [0.25, 0.3) is 30.9 Å². The van der Waals surface area contributed by atoms with Gasteiger partial charge < -0.3 is 0 Å². The van der Waals surface area contributed by atoms with Crippen LogP contribution < -0.4 is 0 Å². The van der Waals surface area contributed by atoms with Crippen LogP contribution in [0, 0.1) is 11.3 Å².